The first kappa shape index (κ1) is 14.6. The third kappa shape index (κ3) is 5.15. The molecule has 0 bridgehead atoms. The zero-order chi connectivity index (χ0) is 12.5. The molecule has 1 rings (SSSR count). The Morgan fingerprint density at radius 2 is 2.18 bits per heavy atom. The molecule has 0 radical (unpaired) electrons. The molecule has 0 atom stereocenters. The molecule has 0 spiro atoms. The maximum Gasteiger partial charge on any atom is 0.0932 e. The van der Waals surface area contributed by atoms with Crippen LogP contribution >= 0.6 is 11.3 Å². The van der Waals surface area contributed by atoms with Crippen LogP contribution in [0, 0.1) is 0 Å². The number of aryl methyl sites for hydroxylation is 2. The number of nitrogens with one attached hydrogen (secondary N) is 1. The predicted octanol–water partition coefficient (Wildman–Crippen LogP) is 2.78. The van der Waals surface area contributed by atoms with Crippen molar-refractivity contribution in [1.82, 2.24) is 10.3 Å². The second-order valence-electron chi connectivity index (χ2n) is 4.10. The second-order valence-corrected chi connectivity index (χ2v) is 5.27. The average Bonchev–Trinajstić information content (AvgIpc) is 2.72. The lowest BCUT2D eigenvalue weighted by molar-refractivity contribution is 0.195. The van der Waals surface area contributed by atoms with Crippen molar-refractivity contribution in [2.24, 2.45) is 0 Å². The molecule has 0 fully saturated rings. The van der Waals surface area contributed by atoms with Crippen LogP contribution in [0.4, 0.5) is 0 Å². The molecule has 1 heterocycles. The Bertz CT molecular complexity index is 312. The first-order chi connectivity index (χ1) is 8.31. The highest BCUT2D eigenvalue weighted by Crippen LogP contribution is 2.20. The van der Waals surface area contributed by atoms with Crippen molar-refractivity contribution in [1.29, 1.82) is 0 Å². The first-order valence-electron chi connectivity index (χ1n) is 6.48. The molecular weight excluding hydrogens is 232 g/mol. The fraction of sp³-hybridized carbons (Fsp3) is 0.769. The maximum absolute atomic E-state index is 5.07. The van der Waals surface area contributed by atoms with Crippen LogP contribution in [-0.4, -0.2) is 25.2 Å². The van der Waals surface area contributed by atoms with Crippen LogP contribution < -0.4 is 5.32 Å². The van der Waals surface area contributed by atoms with Gasteiger partial charge in [0.25, 0.3) is 0 Å². The van der Waals surface area contributed by atoms with Gasteiger partial charge in [-0.2, -0.15) is 0 Å². The van der Waals surface area contributed by atoms with Gasteiger partial charge < -0.3 is 10.1 Å². The Morgan fingerprint density at radius 1 is 1.35 bits per heavy atom. The number of aromatic nitrogens is 1. The van der Waals surface area contributed by atoms with E-state index in [1.807, 2.05) is 11.3 Å². The van der Waals surface area contributed by atoms with E-state index in [1.165, 1.54) is 22.0 Å². The third-order valence-electron chi connectivity index (χ3n) is 2.61. The first-order valence-corrected chi connectivity index (χ1v) is 7.30. The van der Waals surface area contributed by atoms with E-state index in [1.54, 1.807) is 7.11 Å². The minimum absolute atomic E-state index is 0.824. The van der Waals surface area contributed by atoms with Crippen LogP contribution in [-0.2, 0) is 24.1 Å². The molecule has 0 amide bonds. The molecule has 0 unspecified atom stereocenters. The van der Waals surface area contributed by atoms with Crippen molar-refractivity contribution >= 4 is 11.3 Å². The molecule has 1 aromatic rings. The summed E-state index contributed by atoms with van der Waals surface area (Å²) in [4.78, 5) is 6.11. The standard InChI is InChI=1S/C13H24N2OS/c1-4-8-14-10-12-11(5-2)15-13(17-12)7-6-9-16-3/h14H,4-10H2,1-3H3. The van der Waals surface area contributed by atoms with Gasteiger partial charge in [-0.1, -0.05) is 13.8 Å². The molecule has 0 aliphatic heterocycles. The van der Waals surface area contributed by atoms with E-state index in [-0.39, 0.29) is 0 Å². The molecule has 0 aliphatic carbocycles. The van der Waals surface area contributed by atoms with Gasteiger partial charge in [0.15, 0.2) is 0 Å². The predicted molar refractivity (Wildman–Crippen MR) is 73.7 cm³/mol. The van der Waals surface area contributed by atoms with E-state index in [4.69, 9.17) is 9.72 Å². The van der Waals surface area contributed by atoms with Crippen LogP contribution in [0.5, 0.6) is 0 Å². The van der Waals surface area contributed by atoms with Gasteiger partial charge in [0.1, 0.15) is 0 Å². The summed E-state index contributed by atoms with van der Waals surface area (Å²) in [5, 5.41) is 4.71. The quantitative estimate of drug-likeness (QED) is 0.690. The van der Waals surface area contributed by atoms with Crippen LogP contribution in [0.3, 0.4) is 0 Å². The van der Waals surface area contributed by atoms with E-state index in [0.29, 0.717) is 0 Å². The topological polar surface area (TPSA) is 34.1 Å². The Labute approximate surface area is 109 Å². The molecule has 0 saturated heterocycles. The Morgan fingerprint density at radius 3 is 2.82 bits per heavy atom. The lowest BCUT2D eigenvalue weighted by Crippen LogP contribution is -2.13. The van der Waals surface area contributed by atoms with Gasteiger partial charge in [0.05, 0.1) is 10.7 Å². The monoisotopic (exact) mass is 256 g/mol. The SMILES string of the molecule is CCCNCc1sc(CCCOC)nc1CC. The summed E-state index contributed by atoms with van der Waals surface area (Å²) in [6.07, 6.45) is 4.32. The molecule has 1 N–H and O–H groups in total. The van der Waals surface area contributed by atoms with Crippen molar-refractivity contribution in [2.45, 2.75) is 46.1 Å². The number of ether oxygens (including phenoxy) is 1. The van der Waals surface area contributed by atoms with Crippen LogP contribution in [0.2, 0.25) is 0 Å². The van der Waals surface area contributed by atoms with E-state index in [0.717, 1.165) is 39.0 Å². The molecule has 98 valence electrons. The van der Waals surface area contributed by atoms with E-state index in [9.17, 15) is 0 Å². The fourth-order valence-corrected chi connectivity index (χ4v) is 2.87. The number of thiazole rings is 1. The highest BCUT2D eigenvalue weighted by Gasteiger charge is 2.08. The van der Waals surface area contributed by atoms with Crippen molar-refractivity contribution in [2.75, 3.05) is 20.3 Å². The number of methoxy groups -OCH3 is 1. The molecule has 0 saturated carbocycles. The molecule has 1 aromatic heterocycles. The van der Waals surface area contributed by atoms with Gasteiger partial charge in [-0.05, 0) is 25.8 Å². The van der Waals surface area contributed by atoms with Gasteiger partial charge in [-0.15, -0.1) is 11.3 Å². The Hall–Kier alpha value is -0.450. The molecule has 4 heteroatoms. The van der Waals surface area contributed by atoms with Crippen LogP contribution in [0.1, 0.15) is 42.3 Å². The van der Waals surface area contributed by atoms with Gasteiger partial charge in [-0.3, -0.25) is 0 Å². The summed E-state index contributed by atoms with van der Waals surface area (Å²) >= 11 is 1.86. The normalized spacial score (nSPS) is 11.0. The van der Waals surface area contributed by atoms with Crippen molar-refractivity contribution in [3.63, 3.8) is 0 Å². The summed E-state index contributed by atoms with van der Waals surface area (Å²) < 4.78 is 5.07. The zero-order valence-corrected chi connectivity index (χ0v) is 12.0. The summed E-state index contributed by atoms with van der Waals surface area (Å²) in [6.45, 7) is 7.25. The number of rotatable bonds is 9. The number of nitrogens with zero attached hydrogens (tertiary/aromatic N) is 1. The fourth-order valence-electron chi connectivity index (χ4n) is 1.70. The maximum atomic E-state index is 5.07. The molecule has 17 heavy (non-hydrogen) atoms. The molecule has 0 aromatic carbocycles. The Balaban J connectivity index is 2.50. The minimum atomic E-state index is 0.824. The number of hydrogen-bond acceptors (Lipinski definition) is 4. The highest BCUT2D eigenvalue weighted by molar-refractivity contribution is 7.11. The van der Waals surface area contributed by atoms with E-state index in [2.05, 4.69) is 19.2 Å². The second kappa shape index (κ2) is 8.61. The van der Waals surface area contributed by atoms with Crippen molar-refractivity contribution in [3.8, 4) is 0 Å². The van der Waals surface area contributed by atoms with E-state index >= 15 is 0 Å². The minimum Gasteiger partial charge on any atom is -0.385 e. The molecule has 3 nitrogen and oxygen atoms in total. The summed E-state index contributed by atoms with van der Waals surface area (Å²) in [7, 11) is 1.75. The van der Waals surface area contributed by atoms with Gasteiger partial charge in [0.2, 0.25) is 0 Å². The lowest BCUT2D eigenvalue weighted by atomic mass is 10.3. The lowest BCUT2D eigenvalue weighted by Gasteiger charge is -2.01. The molecule has 0 aliphatic rings. The Kier molecular flexibility index (Phi) is 7.40. The summed E-state index contributed by atoms with van der Waals surface area (Å²) in [6, 6.07) is 0. The smallest absolute Gasteiger partial charge is 0.0932 e. The summed E-state index contributed by atoms with van der Waals surface area (Å²) in [5.74, 6) is 0. The number of hydrogen-bond donors (Lipinski definition) is 1. The summed E-state index contributed by atoms with van der Waals surface area (Å²) in [5.41, 5.74) is 1.27. The van der Waals surface area contributed by atoms with Crippen molar-refractivity contribution < 1.29 is 4.74 Å². The van der Waals surface area contributed by atoms with Crippen molar-refractivity contribution in [3.05, 3.63) is 15.6 Å². The molecular formula is C13H24N2OS. The van der Waals surface area contributed by atoms with Crippen LogP contribution in [0.25, 0.3) is 0 Å². The average molecular weight is 256 g/mol. The van der Waals surface area contributed by atoms with Crippen LogP contribution in [0.15, 0.2) is 0 Å². The van der Waals surface area contributed by atoms with Gasteiger partial charge in [-0.25, -0.2) is 4.98 Å². The highest BCUT2D eigenvalue weighted by atomic mass is 32.1. The van der Waals surface area contributed by atoms with E-state index < -0.39 is 0 Å². The largest absolute Gasteiger partial charge is 0.385 e. The zero-order valence-electron chi connectivity index (χ0n) is 11.2. The van der Waals surface area contributed by atoms with Gasteiger partial charge >= 0.3 is 0 Å². The van der Waals surface area contributed by atoms with Gasteiger partial charge in [0, 0.05) is 31.6 Å². The third-order valence-corrected chi connectivity index (χ3v) is 3.77.